The molecule has 15 heteroatoms. The molecule has 1 aliphatic rings. The Morgan fingerprint density at radius 2 is 1.76 bits per heavy atom. The summed E-state index contributed by atoms with van der Waals surface area (Å²) in [5, 5.41) is 5.42. The van der Waals surface area contributed by atoms with Crippen molar-refractivity contribution >= 4 is 49.7 Å². The average Bonchev–Trinajstić information content (AvgIpc) is 3.15. The van der Waals surface area contributed by atoms with Gasteiger partial charge in [0.15, 0.2) is 40.3 Å². The molecule has 2 N–H and O–H groups in total. The number of benzene rings is 1. The molecule has 0 spiro atoms. The highest BCUT2D eigenvalue weighted by molar-refractivity contribution is 7.36. The molecule has 1 aromatic carbocycles. The van der Waals surface area contributed by atoms with E-state index >= 15 is 0 Å². The van der Waals surface area contributed by atoms with Crippen LogP contribution in [0.2, 0.25) is 0 Å². The van der Waals surface area contributed by atoms with Crippen LogP contribution in [0.15, 0.2) is 67.4 Å². The van der Waals surface area contributed by atoms with Crippen molar-refractivity contribution in [3.63, 3.8) is 0 Å². The third-order valence-corrected chi connectivity index (χ3v) is 8.29. The minimum Gasteiger partial charge on any atom is -0.493 e. The van der Waals surface area contributed by atoms with Crippen LogP contribution in [0, 0.1) is 5.82 Å². The van der Waals surface area contributed by atoms with Gasteiger partial charge in [0.1, 0.15) is 5.82 Å². The number of nitrogens with one attached hydrogen (secondary N) is 2. The van der Waals surface area contributed by atoms with Crippen molar-refractivity contribution < 1.29 is 37.7 Å². The third kappa shape index (κ3) is 14.2. The van der Waals surface area contributed by atoms with Crippen LogP contribution in [0.4, 0.5) is 38.3 Å². The predicted molar refractivity (Wildman–Crippen MR) is 220 cm³/mol. The van der Waals surface area contributed by atoms with Crippen molar-refractivity contribution in [1.82, 2.24) is 15.0 Å². The predicted octanol–water partition coefficient (Wildman–Crippen LogP) is 9.75. The van der Waals surface area contributed by atoms with Gasteiger partial charge in [0.25, 0.3) is 5.91 Å². The van der Waals surface area contributed by atoms with E-state index in [9.17, 15) is 14.0 Å². The summed E-state index contributed by atoms with van der Waals surface area (Å²) in [6.45, 7) is 16.6. The number of methoxy groups -OCH3 is 3. The summed E-state index contributed by atoms with van der Waals surface area (Å²) in [5.41, 5.74) is -0.870. The first-order valence-corrected chi connectivity index (χ1v) is 19.7. The van der Waals surface area contributed by atoms with Gasteiger partial charge >= 0.3 is 6.09 Å². The van der Waals surface area contributed by atoms with Gasteiger partial charge in [-0.1, -0.05) is 63.1 Å². The average molecular weight is 783 g/mol. The lowest BCUT2D eigenvalue weighted by Gasteiger charge is -2.30. The fourth-order valence-electron chi connectivity index (χ4n) is 4.68. The largest absolute Gasteiger partial charge is 0.493 e. The molecule has 0 fully saturated rings. The zero-order chi connectivity index (χ0) is 41.0. The number of anilines is 5. The van der Waals surface area contributed by atoms with Gasteiger partial charge in [0.2, 0.25) is 11.7 Å². The van der Waals surface area contributed by atoms with Crippen molar-refractivity contribution in [2.75, 3.05) is 49.7 Å². The van der Waals surface area contributed by atoms with Gasteiger partial charge in [-0.25, -0.2) is 24.1 Å². The summed E-state index contributed by atoms with van der Waals surface area (Å²) in [7, 11) is 5.46. The molecular weight excluding hydrogens is 726 g/mol. The molecule has 0 saturated carbocycles. The second-order valence-corrected chi connectivity index (χ2v) is 13.8. The Balaban J connectivity index is 0.000000586. The molecule has 0 aliphatic carbocycles. The van der Waals surface area contributed by atoms with E-state index in [1.807, 2.05) is 31.2 Å². The highest BCUT2D eigenvalue weighted by Crippen LogP contribution is 2.42. The topological polar surface area (TPSA) is 146 Å². The number of unbranched alkanes of at least 4 members (excludes halogenated alkanes) is 3. The lowest BCUT2D eigenvalue weighted by molar-refractivity contribution is -0.129. The van der Waals surface area contributed by atoms with E-state index in [0.29, 0.717) is 11.5 Å². The summed E-state index contributed by atoms with van der Waals surface area (Å²) in [5.74, 6) is -0.267. The number of allylic oxidation sites excluding steroid dienone is 5. The van der Waals surface area contributed by atoms with E-state index < -0.39 is 23.6 Å². The van der Waals surface area contributed by atoms with Crippen LogP contribution in [-0.2, 0) is 9.53 Å². The van der Waals surface area contributed by atoms with Crippen LogP contribution in [0.1, 0.15) is 67.2 Å². The van der Waals surface area contributed by atoms with Crippen molar-refractivity contribution in [2.24, 2.45) is 0 Å². The lowest BCUT2D eigenvalue weighted by atomic mass is 10.1. The molecular formula is C40H56FN6O7P. The van der Waals surface area contributed by atoms with Gasteiger partial charge < -0.3 is 34.3 Å². The first-order chi connectivity index (χ1) is 26.3. The van der Waals surface area contributed by atoms with Crippen LogP contribution < -0.4 is 34.5 Å². The third-order valence-electron chi connectivity index (χ3n) is 7.44. The Labute approximate surface area is 326 Å². The number of ether oxygens (including phenoxy) is 5. The summed E-state index contributed by atoms with van der Waals surface area (Å²) in [6, 6.07) is 6.10. The van der Waals surface area contributed by atoms with E-state index in [0.717, 1.165) is 11.1 Å². The molecule has 0 radical (unpaired) electrons. The number of rotatable bonds is 15. The number of pyridine rings is 1. The van der Waals surface area contributed by atoms with Crippen LogP contribution in [0.3, 0.4) is 0 Å². The van der Waals surface area contributed by atoms with E-state index in [1.165, 1.54) is 80.0 Å². The van der Waals surface area contributed by atoms with Crippen molar-refractivity contribution in [3.05, 3.63) is 73.2 Å². The maximum atomic E-state index is 14.9. The Hall–Kier alpha value is -5.23. The Bertz CT molecular complexity index is 1740. The minimum atomic E-state index is -1.07. The second kappa shape index (κ2) is 23.5. The minimum absolute atomic E-state index is 0.148. The normalized spacial score (nSPS) is 12.8. The van der Waals surface area contributed by atoms with Gasteiger partial charge in [0.05, 0.1) is 39.3 Å². The number of amides is 2. The number of halogens is 1. The Morgan fingerprint density at radius 3 is 2.33 bits per heavy atom. The van der Waals surface area contributed by atoms with Crippen LogP contribution >= 0.6 is 8.58 Å². The molecule has 2 amide bonds. The number of hydrogen-bond acceptors (Lipinski definition) is 11. The highest BCUT2D eigenvalue weighted by atomic mass is 31.1. The molecule has 1 unspecified atom stereocenters. The molecule has 13 nitrogen and oxygen atoms in total. The molecule has 300 valence electrons. The van der Waals surface area contributed by atoms with Gasteiger partial charge in [0, 0.05) is 12.1 Å². The molecule has 1 atom stereocenters. The second-order valence-electron chi connectivity index (χ2n) is 12.6. The summed E-state index contributed by atoms with van der Waals surface area (Å²) in [6.07, 6.45) is 16.3. The fraction of sp³-hybridized carbons (Fsp3) is 0.425. The van der Waals surface area contributed by atoms with Crippen LogP contribution in [0.5, 0.6) is 23.0 Å². The van der Waals surface area contributed by atoms with Gasteiger partial charge in [-0.15, -0.1) is 8.58 Å². The number of nitrogens with zero attached hydrogens (tertiary/aromatic N) is 4. The molecule has 1 aliphatic heterocycles. The van der Waals surface area contributed by atoms with E-state index in [1.54, 1.807) is 39.8 Å². The van der Waals surface area contributed by atoms with Gasteiger partial charge in [-0.2, -0.15) is 4.98 Å². The summed E-state index contributed by atoms with van der Waals surface area (Å²) in [4.78, 5) is 39.1. The van der Waals surface area contributed by atoms with Crippen molar-refractivity contribution in [1.29, 1.82) is 0 Å². The number of carbonyl (C=O) groups excluding carboxylic acids is 2. The maximum absolute atomic E-state index is 14.9. The lowest BCUT2D eigenvalue weighted by Crippen LogP contribution is -2.46. The van der Waals surface area contributed by atoms with Gasteiger partial charge in [-0.05, 0) is 66.0 Å². The number of fused-ring (bicyclic) bond motifs is 1. The maximum Gasteiger partial charge on any atom is 0.421 e. The number of aromatic nitrogens is 3. The summed E-state index contributed by atoms with van der Waals surface area (Å²) >= 11 is 0. The standard InChI is InChI=1S/C26H29FN6O7.C7H17P.C7H10/c1-13(2)39-25(35)33(14-10-17(36-5)20(38-7)18(11-14)37-6)24-28-12-15(27)21(32-24)29-19-9-8-16-22(30-19)31-23(34)26(3,4)40-16;1-3-4-5-6-7-8-2;1-3-5-7-6-4-2/h8-13H,1-7H3,(H2,28,29,30,31,32,34);8H,3-7H2,1-2H3;3-7H,1H2,2H3/b;;6-4-,7-5-. The molecule has 4 rings (SSSR count). The summed E-state index contributed by atoms with van der Waals surface area (Å²) < 4.78 is 42.2. The smallest absolute Gasteiger partial charge is 0.421 e. The van der Waals surface area contributed by atoms with Gasteiger partial charge in [-0.3, -0.25) is 4.79 Å². The fourth-order valence-corrected chi connectivity index (χ4v) is 5.28. The van der Waals surface area contributed by atoms with Crippen LogP contribution in [-0.4, -0.2) is 72.8 Å². The first-order valence-electron chi connectivity index (χ1n) is 18.0. The molecule has 0 bridgehead atoms. The molecule has 0 saturated heterocycles. The van der Waals surface area contributed by atoms with Crippen LogP contribution in [0.25, 0.3) is 0 Å². The zero-order valence-corrected chi connectivity index (χ0v) is 34.6. The van der Waals surface area contributed by atoms with E-state index in [4.69, 9.17) is 23.7 Å². The highest BCUT2D eigenvalue weighted by Gasteiger charge is 2.36. The van der Waals surface area contributed by atoms with Crippen molar-refractivity contribution in [2.45, 2.75) is 78.9 Å². The van der Waals surface area contributed by atoms with E-state index in [-0.39, 0.29) is 46.5 Å². The Morgan fingerprint density at radius 1 is 1.07 bits per heavy atom. The van der Waals surface area contributed by atoms with Crippen molar-refractivity contribution in [3.8, 4) is 23.0 Å². The SMILES string of the molecule is C=C/C=C\C=C/C.CCCCCCPC.COc1cc(N(C(=O)OC(C)C)c2ncc(F)c(Nc3ccc4c(n3)NC(=O)C(C)(C)O4)n2)cc(OC)c1OC. The zero-order valence-electron chi connectivity index (χ0n) is 33.6. The molecule has 55 heavy (non-hydrogen) atoms. The molecule has 3 heterocycles. The Kier molecular flexibility index (Phi) is 19.6. The first kappa shape index (κ1) is 45.9. The molecule has 3 aromatic rings. The number of hydrogen-bond donors (Lipinski definition) is 2. The quantitative estimate of drug-likeness (QED) is 0.0863. The number of carbonyl (C=O) groups is 2. The molecule has 2 aromatic heterocycles. The monoisotopic (exact) mass is 782 g/mol. The van der Waals surface area contributed by atoms with E-state index in [2.05, 4.69) is 45.8 Å².